The van der Waals surface area contributed by atoms with Crippen molar-refractivity contribution in [3.05, 3.63) is 48.7 Å². The molecular weight excluding hydrogens is 258 g/mol. The predicted octanol–water partition coefficient (Wildman–Crippen LogP) is 3.75. The van der Waals surface area contributed by atoms with Crippen molar-refractivity contribution in [2.24, 2.45) is 0 Å². The van der Waals surface area contributed by atoms with Crippen LogP contribution in [0.1, 0.15) is 26.5 Å². The van der Waals surface area contributed by atoms with E-state index in [9.17, 15) is 0 Å². The van der Waals surface area contributed by atoms with Crippen molar-refractivity contribution in [3.8, 4) is 0 Å². The molecular formula is C18H25N3. The van der Waals surface area contributed by atoms with Crippen LogP contribution in [0.5, 0.6) is 0 Å². The summed E-state index contributed by atoms with van der Waals surface area (Å²) < 4.78 is 0. The number of rotatable bonds is 5. The van der Waals surface area contributed by atoms with E-state index in [4.69, 9.17) is 4.98 Å². The Morgan fingerprint density at radius 1 is 1.29 bits per heavy atom. The molecule has 0 amide bonds. The summed E-state index contributed by atoms with van der Waals surface area (Å²) >= 11 is 0. The lowest BCUT2D eigenvalue weighted by Crippen LogP contribution is -2.41. The molecule has 0 bridgehead atoms. The Balaban J connectivity index is 2.66. The maximum Gasteiger partial charge on any atom is 0.0726 e. The van der Waals surface area contributed by atoms with E-state index in [1.807, 2.05) is 19.2 Å². The highest BCUT2D eigenvalue weighted by Gasteiger charge is 2.23. The molecule has 1 N–H and O–H groups in total. The average molecular weight is 283 g/mol. The van der Waals surface area contributed by atoms with Gasteiger partial charge in [0, 0.05) is 29.7 Å². The number of pyridine rings is 1. The number of nitrogens with zero attached hydrogens (tertiary/aromatic N) is 2. The van der Waals surface area contributed by atoms with E-state index in [1.165, 1.54) is 11.1 Å². The topological polar surface area (TPSA) is 28.2 Å². The monoisotopic (exact) mass is 283 g/mol. The van der Waals surface area contributed by atoms with E-state index in [0.29, 0.717) is 0 Å². The molecule has 0 atom stereocenters. The second-order valence-electron chi connectivity index (χ2n) is 6.25. The second-order valence-corrected chi connectivity index (χ2v) is 6.25. The van der Waals surface area contributed by atoms with Crippen LogP contribution in [0, 0.1) is 0 Å². The van der Waals surface area contributed by atoms with Gasteiger partial charge in [0.1, 0.15) is 0 Å². The van der Waals surface area contributed by atoms with Crippen LogP contribution >= 0.6 is 0 Å². The number of benzene rings is 1. The largest absolute Gasteiger partial charge is 0.362 e. The summed E-state index contributed by atoms with van der Waals surface area (Å²) in [4.78, 5) is 7.11. The van der Waals surface area contributed by atoms with Gasteiger partial charge in [-0.05, 0) is 40.0 Å². The first-order valence-corrected chi connectivity index (χ1v) is 7.39. The van der Waals surface area contributed by atoms with Gasteiger partial charge in [-0.3, -0.25) is 4.98 Å². The fraction of sp³-hybridized carbons (Fsp3) is 0.389. The summed E-state index contributed by atoms with van der Waals surface area (Å²) in [6.45, 7) is 12.2. The fourth-order valence-corrected chi connectivity index (χ4v) is 2.57. The minimum absolute atomic E-state index is 0.0230. The van der Waals surface area contributed by atoms with Crippen molar-refractivity contribution in [1.82, 2.24) is 10.3 Å². The third kappa shape index (κ3) is 3.42. The van der Waals surface area contributed by atoms with Crippen LogP contribution in [-0.2, 0) is 6.54 Å². The number of anilines is 1. The second kappa shape index (κ2) is 6.27. The number of nitrogens with one attached hydrogen (secondary N) is 1. The molecule has 0 aliphatic carbocycles. The molecule has 0 radical (unpaired) electrons. The lowest BCUT2D eigenvalue weighted by atomic mass is 10.0. The number of hydrogen-bond acceptors (Lipinski definition) is 3. The van der Waals surface area contributed by atoms with Crippen molar-refractivity contribution in [1.29, 1.82) is 0 Å². The first kappa shape index (κ1) is 15.5. The lowest BCUT2D eigenvalue weighted by Gasteiger charge is -2.38. The van der Waals surface area contributed by atoms with Crippen molar-refractivity contribution in [3.63, 3.8) is 0 Å². The molecule has 0 aliphatic heterocycles. The predicted molar refractivity (Wildman–Crippen MR) is 91.8 cm³/mol. The summed E-state index contributed by atoms with van der Waals surface area (Å²) in [5, 5.41) is 4.37. The standard InChI is InChI=1S/C18H25N3/c1-6-11-21(18(2,3)4)17-12-14(13-19-5)20-16-10-8-7-9-15(16)17/h6-10,12,19H,1,11,13H2,2-5H3. The summed E-state index contributed by atoms with van der Waals surface area (Å²) in [6.07, 6.45) is 1.96. The van der Waals surface area contributed by atoms with E-state index in [2.05, 4.69) is 61.8 Å². The molecule has 0 saturated carbocycles. The van der Waals surface area contributed by atoms with Gasteiger partial charge in [-0.2, -0.15) is 0 Å². The molecule has 2 aromatic rings. The molecule has 0 aliphatic rings. The number of hydrogen-bond donors (Lipinski definition) is 1. The molecule has 21 heavy (non-hydrogen) atoms. The van der Waals surface area contributed by atoms with Crippen molar-refractivity contribution in [2.45, 2.75) is 32.9 Å². The van der Waals surface area contributed by atoms with Crippen LogP contribution in [-0.4, -0.2) is 24.1 Å². The summed E-state index contributed by atoms with van der Waals surface area (Å²) in [5.41, 5.74) is 3.34. The Morgan fingerprint density at radius 3 is 2.62 bits per heavy atom. The smallest absolute Gasteiger partial charge is 0.0726 e. The Hall–Kier alpha value is -1.87. The molecule has 0 saturated heterocycles. The Kier molecular flexibility index (Phi) is 4.63. The molecule has 0 spiro atoms. The molecule has 3 nitrogen and oxygen atoms in total. The van der Waals surface area contributed by atoms with Gasteiger partial charge >= 0.3 is 0 Å². The van der Waals surface area contributed by atoms with Crippen LogP contribution in [0.4, 0.5) is 5.69 Å². The zero-order chi connectivity index (χ0) is 15.5. The quantitative estimate of drug-likeness (QED) is 0.847. The van der Waals surface area contributed by atoms with E-state index in [0.717, 1.165) is 24.3 Å². The molecule has 0 fully saturated rings. The van der Waals surface area contributed by atoms with Gasteiger partial charge in [-0.1, -0.05) is 24.3 Å². The maximum absolute atomic E-state index is 4.74. The van der Waals surface area contributed by atoms with Gasteiger partial charge in [0.25, 0.3) is 0 Å². The lowest BCUT2D eigenvalue weighted by molar-refractivity contribution is 0.523. The van der Waals surface area contributed by atoms with E-state index in [1.54, 1.807) is 0 Å². The maximum atomic E-state index is 4.74. The molecule has 1 aromatic carbocycles. The normalized spacial score (nSPS) is 11.6. The van der Waals surface area contributed by atoms with Crippen LogP contribution in [0.25, 0.3) is 10.9 Å². The number of fused-ring (bicyclic) bond motifs is 1. The number of para-hydroxylation sites is 1. The van der Waals surface area contributed by atoms with E-state index < -0.39 is 0 Å². The van der Waals surface area contributed by atoms with Crippen LogP contribution in [0.3, 0.4) is 0 Å². The third-order valence-corrected chi connectivity index (χ3v) is 3.52. The van der Waals surface area contributed by atoms with Gasteiger partial charge < -0.3 is 10.2 Å². The molecule has 0 unspecified atom stereocenters. The number of aromatic nitrogens is 1. The summed E-state index contributed by atoms with van der Waals surface area (Å²) in [7, 11) is 1.95. The molecule has 1 heterocycles. The fourth-order valence-electron chi connectivity index (χ4n) is 2.57. The first-order chi connectivity index (χ1) is 9.97. The van der Waals surface area contributed by atoms with Gasteiger partial charge in [-0.15, -0.1) is 6.58 Å². The van der Waals surface area contributed by atoms with Gasteiger partial charge in [-0.25, -0.2) is 0 Å². The average Bonchev–Trinajstić information content (AvgIpc) is 2.43. The van der Waals surface area contributed by atoms with E-state index in [-0.39, 0.29) is 5.54 Å². The van der Waals surface area contributed by atoms with Gasteiger partial charge in [0.15, 0.2) is 0 Å². The zero-order valence-corrected chi connectivity index (χ0v) is 13.5. The highest BCUT2D eigenvalue weighted by molar-refractivity contribution is 5.92. The zero-order valence-electron chi connectivity index (χ0n) is 13.5. The van der Waals surface area contributed by atoms with Crippen LogP contribution < -0.4 is 10.2 Å². The van der Waals surface area contributed by atoms with Gasteiger partial charge in [0.2, 0.25) is 0 Å². The molecule has 3 heteroatoms. The van der Waals surface area contributed by atoms with Crippen molar-refractivity contribution in [2.75, 3.05) is 18.5 Å². The van der Waals surface area contributed by atoms with Gasteiger partial charge in [0.05, 0.1) is 11.2 Å². The SMILES string of the molecule is C=CCN(c1cc(CNC)nc2ccccc12)C(C)(C)C. The summed E-state index contributed by atoms with van der Waals surface area (Å²) in [6, 6.07) is 10.5. The minimum Gasteiger partial charge on any atom is -0.362 e. The highest BCUT2D eigenvalue weighted by Crippen LogP contribution is 2.31. The Labute approximate surface area is 127 Å². The van der Waals surface area contributed by atoms with Crippen molar-refractivity contribution >= 4 is 16.6 Å². The Bertz CT molecular complexity index is 626. The van der Waals surface area contributed by atoms with E-state index >= 15 is 0 Å². The molecule has 2 rings (SSSR count). The summed E-state index contributed by atoms with van der Waals surface area (Å²) in [5.74, 6) is 0. The first-order valence-electron chi connectivity index (χ1n) is 7.39. The van der Waals surface area contributed by atoms with Crippen LogP contribution in [0.2, 0.25) is 0 Å². The minimum atomic E-state index is 0.0230. The van der Waals surface area contributed by atoms with Crippen molar-refractivity contribution < 1.29 is 0 Å². The van der Waals surface area contributed by atoms with Crippen LogP contribution in [0.15, 0.2) is 43.0 Å². The Morgan fingerprint density at radius 2 is 2.00 bits per heavy atom. The third-order valence-electron chi connectivity index (χ3n) is 3.52. The highest BCUT2D eigenvalue weighted by atomic mass is 15.2. The molecule has 112 valence electrons. The molecule has 1 aromatic heterocycles.